The SMILES string of the molecule is O=C(O)c1ccoc1COc1cncc(Cl)c1. The molecule has 0 aromatic carbocycles. The van der Waals surface area contributed by atoms with Gasteiger partial charge in [-0.2, -0.15) is 0 Å². The van der Waals surface area contributed by atoms with Gasteiger partial charge in [-0.15, -0.1) is 0 Å². The molecule has 0 radical (unpaired) electrons. The lowest BCUT2D eigenvalue weighted by atomic mass is 10.2. The molecule has 0 aliphatic heterocycles. The monoisotopic (exact) mass is 253 g/mol. The Bertz CT molecular complexity index is 538. The number of pyridine rings is 1. The molecule has 88 valence electrons. The van der Waals surface area contributed by atoms with Crippen molar-refractivity contribution in [2.24, 2.45) is 0 Å². The molecule has 0 saturated carbocycles. The average molecular weight is 254 g/mol. The summed E-state index contributed by atoms with van der Waals surface area (Å²) in [5.41, 5.74) is 0.0833. The van der Waals surface area contributed by atoms with Crippen LogP contribution in [-0.2, 0) is 6.61 Å². The third kappa shape index (κ3) is 2.76. The molecule has 0 fully saturated rings. The van der Waals surface area contributed by atoms with Crippen molar-refractivity contribution in [3.63, 3.8) is 0 Å². The summed E-state index contributed by atoms with van der Waals surface area (Å²) in [7, 11) is 0. The van der Waals surface area contributed by atoms with Crippen LogP contribution in [0.2, 0.25) is 5.02 Å². The normalized spacial score (nSPS) is 10.2. The number of halogens is 1. The van der Waals surface area contributed by atoms with E-state index in [1.165, 1.54) is 24.7 Å². The number of hydrogen-bond acceptors (Lipinski definition) is 4. The van der Waals surface area contributed by atoms with Crippen molar-refractivity contribution in [1.29, 1.82) is 0 Å². The van der Waals surface area contributed by atoms with Crippen LogP contribution in [0.3, 0.4) is 0 Å². The Morgan fingerprint density at radius 3 is 3.06 bits per heavy atom. The van der Waals surface area contributed by atoms with Crippen LogP contribution < -0.4 is 4.74 Å². The number of carboxylic acid groups (broad SMARTS) is 1. The van der Waals surface area contributed by atoms with Crippen LogP contribution in [0.5, 0.6) is 5.75 Å². The van der Waals surface area contributed by atoms with E-state index in [4.69, 9.17) is 25.9 Å². The molecule has 2 rings (SSSR count). The highest BCUT2D eigenvalue weighted by Crippen LogP contribution is 2.18. The lowest BCUT2D eigenvalue weighted by molar-refractivity contribution is 0.0692. The first kappa shape index (κ1) is 11.5. The maximum Gasteiger partial charge on any atom is 0.339 e. The van der Waals surface area contributed by atoms with E-state index in [-0.39, 0.29) is 17.9 Å². The summed E-state index contributed by atoms with van der Waals surface area (Å²) in [6, 6.07) is 2.95. The maximum absolute atomic E-state index is 10.8. The molecule has 2 aromatic heterocycles. The molecule has 6 heteroatoms. The number of rotatable bonds is 4. The van der Waals surface area contributed by atoms with Gasteiger partial charge in [-0.1, -0.05) is 11.6 Å². The fourth-order valence-electron chi connectivity index (χ4n) is 1.26. The first-order valence-electron chi connectivity index (χ1n) is 4.70. The smallest absolute Gasteiger partial charge is 0.339 e. The van der Waals surface area contributed by atoms with E-state index in [1.54, 1.807) is 6.07 Å². The van der Waals surface area contributed by atoms with Crippen molar-refractivity contribution in [2.75, 3.05) is 0 Å². The molecule has 2 heterocycles. The van der Waals surface area contributed by atoms with Gasteiger partial charge in [-0.3, -0.25) is 4.98 Å². The summed E-state index contributed by atoms with van der Waals surface area (Å²) >= 11 is 5.73. The van der Waals surface area contributed by atoms with E-state index in [2.05, 4.69) is 4.98 Å². The number of aromatic carboxylic acids is 1. The third-order valence-corrected chi connectivity index (χ3v) is 2.23. The van der Waals surface area contributed by atoms with Gasteiger partial charge in [-0.25, -0.2) is 4.79 Å². The van der Waals surface area contributed by atoms with Gasteiger partial charge in [0.2, 0.25) is 0 Å². The van der Waals surface area contributed by atoms with Gasteiger partial charge in [0, 0.05) is 12.3 Å². The van der Waals surface area contributed by atoms with Gasteiger partial charge in [0.1, 0.15) is 17.9 Å². The second-order valence-electron chi connectivity index (χ2n) is 3.19. The Kier molecular flexibility index (Phi) is 3.30. The maximum atomic E-state index is 10.8. The highest BCUT2D eigenvalue weighted by molar-refractivity contribution is 6.30. The molecule has 0 bridgehead atoms. The van der Waals surface area contributed by atoms with E-state index < -0.39 is 5.97 Å². The first-order chi connectivity index (χ1) is 8.16. The Labute approximate surface area is 102 Å². The number of carbonyl (C=O) groups is 1. The Balaban J connectivity index is 2.07. The zero-order valence-corrected chi connectivity index (χ0v) is 9.35. The van der Waals surface area contributed by atoms with Crippen molar-refractivity contribution in [3.05, 3.63) is 47.1 Å². The summed E-state index contributed by atoms with van der Waals surface area (Å²) in [4.78, 5) is 14.6. The van der Waals surface area contributed by atoms with Gasteiger partial charge in [-0.05, 0) is 6.07 Å². The highest BCUT2D eigenvalue weighted by Gasteiger charge is 2.13. The number of hydrogen-bond donors (Lipinski definition) is 1. The molecule has 0 unspecified atom stereocenters. The molecular formula is C11H8ClNO4. The molecule has 1 N–H and O–H groups in total. The van der Waals surface area contributed by atoms with Crippen LogP contribution in [0.4, 0.5) is 0 Å². The summed E-state index contributed by atoms with van der Waals surface area (Å²) in [6.45, 7) is 0.0106. The Morgan fingerprint density at radius 1 is 1.53 bits per heavy atom. The lowest BCUT2D eigenvalue weighted by Gasteiger charge is -2.04. The highest BCUT2D eigenvalue weighted by atomic mass is 35.5. The molecule has 0 saturated heterocycles. The summed E-state index contributed by atoms with van der Waals surface area (Å²) in [5.74, 6) is -0.357. The van der Waals surface area contributed by atoms with E-state index in [9.17, 15) is 4.79 Å². The lowest BCUT2D eigenvalue weighted by Crippen LogP contribution is -2.02. The molecular weight excluding hydrogens is 246 g/mol. The van der Waals surface area contributed by atoms with Crippen LogP contribution in [-0.4, -0.2) is 16.1 Å². The topological polar surface area (TPSA) is 72.6 Å². The number of nitrogens with zero attached hydrogens (tertiary/aromatic N) is 1. The second kappa shape index (κ2) is 4.88. The molecule has 0 amide bonds. The Morgan fingerprint density at radius 2 is 2.35 bits per heavy atom. The quantitative estimate of drug-likeness (QED) is 0.907. The van der Waals surface area contributed by atoms with Crippen LogP contribution in [0, 0.1) is 0 Å². The fraction of sp³-hybridized carbons (Fsp3) is 0.0909. The number of aromatic nitrogens is 1. The van der Waals surface area contributed by atoms with Crippen LogP contribution in [0.1, 0.15) is 16.1 Å². The first-order valence-corrected chi connectivity index (χ1v) is 5.07. The zero-order chi connectivity index (χ0) is 12.3. The van der Waals surface area contributed by atoms with Crippen molar-refractivity contribution in [3.8, 4) is 5.75 Å². The summed E-state index contributed by atoms with van der Waals surface area (Å²) < 4.78 is 10.3. The van der Waals surface area contributed by atoms with E-state index in [0.717, 1.165) is 0 Å². The minimum Gasteiger partial charge on any atom is -0.484 e. The second-order valence-corrected chi connectivity index (χ2v) is 3.63. The minimum atomic E-state index is -1.05. The van der Waals surface area contributed by atoms with Gasteiger partial charge in [0.25, 0.3) is 0 Å². The van der Waals surface area contributed by atoms with Gasteiger partial charge >= 0.3 is 5.97 Å². The molecule has 5 nitrogen and oxygen atoms in total. The van der Waals surface area contributed by atoms with E-state index >= 15 is 0 Å². The largest absolute Gasteiger partial charge is 0.484 e. The van der Waals surface area contributed by atoms with Gasteiger partial charge in [0.15, 0.2) is 5.76 Å². The number of carboxylic acids is 1. The van der Waals surface area contributed by atoms with Crippen LogP contribution in [0.25, 0.3) is 0 Å². The third-order valence-electron chi connectivity index (χ3n) is 2.03. The summed E-state index contributed by atoms with van der Waals surface area (Å²) in [5, 5.41) is 9.29. The number of ether oxygens (including phenoxy) is 1. The molecule has 0 aliphatic carbocycles. The molecule has 0 atom stereocenters. The van der Waals surface area contributed by atoms with E-state index in [0.29, 0.717) is 10.8 Å². The van der Waals surface area contributed by atoms with Crippen molar-refractivity contribution in [1.82, 2.24) is 4.98 Å². The van der Waals surface area contributed by atoms with Crippen LogP contribution in [0.15, 0.2) is 35.2 Å². The summed E-state index contributed by atoms with van der Waals surface area (Å²) in [6.07, 6.45) is 4.26. The van der Waals surface area contributed by atoms with Gasteiger partial charge in [0.05, 0.1) is 17.5 Å². The zero-order valence-electron chi connectivity index (χ0n) is 8.59. The standard InChI is InChI=1S/C11H8ClNO4/c12-7-3-8(5-13-4-7)17-6-10-9(11(14)15)1-2-16-10/h1-5H,6H2,(H,14,15). The molecule has 17 heavy (non-hydrogen) atoms. The minimum absolute atomic E-state index is 0.0106. The average Bonchev–Trinajstić information content (AvgIpc) is 2.74. The van der Waals surface area contributed by atoms with E-state index in [1.807, 2.05) is 0 Å². The Hall–Kier alpha value is -2.01. The fourth-order valence-corrected chi connectivity index (χ4v) is 1.43. The van der Waals surface area contributed by atoms with Crippen molar-refractivity contribution < 1.29 is 19.1 Å². The molecule has 2 aromatic rings. The van der Waals surface area contributed by atoms with Crippen molar-refractivity contribution >= 4 is 17.6 Å². The van der Waals surface area contributed by atoms with Crippen LogP contribution >= 0.6 is 11.6 Å². The predicted molar refractivity (Wildman–Crippen MR) is 59.2 cm³/mol. The molecule has 0 aliphatic rings. The van der Waals surface area contributed by atoms with Gasteiger partial charge < -0.3 is 14.3 Å². The molecule has 0 spiro atoms. The predicted octanol–water partition coefficient (Wildman–Crippen LogP) is 2.61. The van der Waals surface area contributed by atoms with Crippen molar-refractivity contribution in [2.45, 2.75) is 6.61 Å². The number of furan rings is 1.